The van der Waals surface area contributed by atoms with Gasteiger partial charge in [0, 0.05) is 77.5 Å². The molecule has 1 fully saturated rings. The lowest BCUT2D eigenvalue weighted by atomic mass is 9.99. The maximum absolute atomic E-state index is 13.4. The molecule has 0 unspecified atom stereocenters. The zero-order chi connectivity index (χ0) is 31.3. The van der Waals surface area contributed by atoms with E-state index in [1.165, 1.54) is 5.69 Å². The van der Waals surface area contributed by atoms with E-state index in [0.717, 1.165) is 31.9 Å². The minimum atomic E-state index is -0.506. The molecule has 224 valence electrons. The average molecular weight is 598 g/mol. The summed E-state index contributed by atoms with van der Waals surface area (Å²) in [7, 11) is 2.14. The van der Waals surface area contributed by atoms with E-state index in [9.17, 15) is 14.4 Å². The zero-order valence-corrected chi connectivity index (χ0v) is 24.6. The summed E-state index contributed by atoms with van der Waals surface area (Å²) < 4.78 is 0. The molecule has 10 nitrogen and oxygen atoms in total. The Balaban J connectivity index is 1.11. The van der Waals surface area contributed by atoms with Crippen LogP contribution in [-0.2, 0) is 4.79 Å². The SMILES string of the molecule is CN1CCN(c2ccc(NC=C3C(=O)Nc4cc(C(=O)c5cccc(NC(=O)Nc6cccc(C#N)c6)c5)ccc43)cc2)CC1. The van der Waals surface area contributed by atoms with E-state index in [4.69, 9.17) is 5.26 Å². The third kappa shape index (κ3) is 6.69. The molecule has 0 aliphatic carbocycles. The standard InChI is InChI=1S/C35H31N7O3/c1-41-14-16-42(17-15-41)29-11-9-26(10-12-29)37-22-31-30-13-8-25(20-32(30)40-34(31)44)33(43)24-5-3-7-28(19-24)39-35(45)38-27-6-2-4-23(18-27)21-36/h2-13,18-20,22,37H,14-17H2,1H3,(H,40,44)(H2,38,39,45). The smallest absolute Gasteiger partial charge is 0.323 e. The van der Waals surface area contributed by atoms with Crippen LogP contribution in [0.5, 0.6) is 0 Å². The molecule has 6 rings (SSSR count). The van der Waals surface area contributed by atoms with Crippen molar-refractivity contribution in [2.45, 2.75) is 0 Å². The summed E-state index contributed by atoms with van der Waals surface area (Å²) in [6, 6.07) is 28.0. The fourth-order valence-electron chi connectivity index (χ4n) is 5.33. The number of benzene rings is 4. The number of carbonyl (C=O) groups excluding carboxylic acids is 3. The monoisotopic (exact) mass is 597 g/mol. The fourth-order valence-corrected chi connectivity index (χ4v) is 5.33. The number of anilines is 5. The van der Waals surface area contributed by atoms with Crippen molar-refractivity contribution in [3.05, 3.63) is 119 Å². The lowest BCUT2D eigenvalue weighted by Gasteiger charge is -2.34. The molecule has 1 saturated heterocycles. The molecule has 4 aromatic carbocycles. The van der Waals surface area contributed by atoms with Crippen LogP contribution in [0.25, 0.3) is 5.57 Å². The number of hydrogen-bond donors (Lipinski definition) is 4. The number of hydrogen-bond acceptors (Lipinski definition) is 7. The summed E-state index contributed by atoms with van der Waals surface area (Å²) in [5.41, 5.74) is 5.88. The highest BCUT2D eigenvalue weighted by atomic mass is 16.2. The first-order valence-electron chi connectivity index (χ1n) is 14.6. The van der Waals surface area contributed by atoms with Crippen LogP contribution >= 0.6 is 0 Å². The Hall–Kier alpha value is -5.92. The molecule has 2 aliphatic heterocycles. The van der Waals surface area contributed by atoms with E-state index < -0.39 is 6.03 Å². The molecule has 0 spiro atoms. The summed E-state index contributed by atoms with van der Waals surface area (Å²) in [5, 5.41) is 20.5. The molecule has 4 aromatic rings. The topological polar surface area (TPSA) is 130 Å². The van der Waals surface area contributed by atoms with Gasteiger partial charge in [-0.3, -0.25) is 9.59 Å². The van der Waals surface area contributed by atoms with Gasteiger partial charge in [0.05, 0.1) is 17.2 Å². The van der Waals surface area contributed by atoms with Gasteiger partial charge in [0.2, 0.25) is 0 Å². The maximum Gasteiger partial charge on any atom is 0.323 e. The first kappa shape index (κ1) is 29.2. The Morgan fingerprint density at radius 3 is 2.24 bits per heavy atom. The second-order valence-corrected chi connectivity index (χ2v) is 10.9. The number of rotatable bonds is 7. The van der Waals surface area contributed by atoms with Crippen LogP contribution < -0.4 is 26.2 Å². The second-order valence-electron chi connectivity index (χ2n) is 10.9. The van der Waals surface area contributed by atoms with Crippen molar-refractivity contribution in [1.29, 1.82) is 5.26 Å². The lowest BCUT2D eigenvalue weighted by Crippen LogP contribution is -2.44. The number of carbonyl (C=O) groups is 3. The van der Waals surface area contributed by atoms with Crippen molar-refractivity contribution in [3.8, 4) is 6.07 Å². The summed E-state index contributed by atoms with van der Waals surface area (Å²) in [6.45, 7) is 4.07. The van der Waals surface area contributed by atoms with E-state index in [0.29, 0.717) is 44.9 Å². The Morgan fingerprint density at radius 1 is 0.822 bits per heavy atom. The molecule has 0 bridgehead atoms. The molecular weight excluding hydrogens is 566 g/mol. The normalized spacial score (nSPS) is 15.2. The van der Waals surface area contributed by atoms with Crippen LogP contribution in [0.15, 0.2) is 97.2 Å². The number of amides is 3. The number of likely N-dealkylation sites (N-methyl/N-ethyl adjacent to an activating group) is 1. The van der Waals surface area contributed by atoms with Gasteiger partial charge in [0.25, 0.3) is 5.91 Å². The zero-order valence-electron chi connectivity index (χ0n) is 24.6. The Morgan fingerprint density at radius 2 is 1.51 bits per heavy atom. The Bertz CT molecular complexity index is 1850. The van der Waals surface area contributed by atoms with Gasteiger partial charge in [0.1, 0.15) is 0 Å². The molecule has 4 N–H and O–H groups in total. The van der Waals surface area contributed by atoms with E-state index in [1.54, 1.807) is 72.9 Å². The molecule has 2 heterocycles. The molecule has 0 radical (unpaired) electrons. The number of piperazine rings is 1. The Labute approximate surface area is 261 Å². The van der Waals surface area contributed by atoms with Gasteiger partial charge in [0.15, 0.2) is 5.78 Å². The molecule has 45 heavy (non-hydrogen) atoms. The quantitative estimate of drug-likeness (QED) is 0.161. The van der Waals surface area contributed by atoms with Crippen LogP contribution in [0.4, 0.5) is 33.2 Å². The molecule has 0 atom stereocenters. The van der Waals surface area contributed by atoms with E-state index >= 15 is 0 Å². The van der Waals surface area contributed by atoms with Crippen molar-refractivity contribution in [2.75, 3.05) is 59.4 Å². The number of fused-ring (bicyclic) bond motifs is 1. The Kier molecular flexibility index (Phi) is 8.26. The number of urea groups is 1. The third-order valence-corrected chi connectivity index (χ3v) is 7.82. The van der Waals surface area contributed by atoms with Crippen molar-refractivity contribution in [3.63, 3.8) is 0 Å². The van der Waals surface area contributed by atoms with E-state index in [2.05, 4.69) is 50.2 Å². The van der Waals surface area contributed by atoms with Gasteiger partial charge in [-0.1, -0.05) is 30.3 Å². The average Bonchev–Trinajstić information content (AvgIpc) is 3.38. The summed E-state index contributed by atoms with van der Waals surface area (Å²) in [5.74, 6) is -0.512. The lowest BCUT2D eigenvalue weighted by molar-refractivity contribution is -0.110. The van der Waals surface area contributed by atoms with Crippen LogP contribution in [0.3, 0.4) is 0 Å². The van der Waals surface area contributed by atoms with Crippen LogP contribution in [-0.4, -0.2) is 55.8 Å². The van der Waals surface area contributed by atoms with Crippen molar-refractivity contribution >= 4 is 51.7 Å². The third-order valence-electron chi connectivity index (χ3n) is 7.82. The first-order chi connectivity index (χ1) is 21.9. The van der Waals surface area contributed by atoms with Crippen molar-refractivity contribution in [2.24, 2.45) is 0 Å². The predicted octanol–water partition coefficient (Wildman–Crippen LogP) is 5.59. The van der Waals surface area contributed by atoms with Gasteiger partial charge in [-0.05, 0) is 67.7 Å². The largest absolute Gasteiger partial charge is 0.369 e. The number of nitrogens with one attached hydrogen (secondary N) is 4. The highest BCUT2D eigenvalue weighted by Crippen LogP contribution is 2.33. The molecule has 0 saturated carbocycles. The van der Waals surface area contributed by atoms with E-state index in [1.807, 2.05) is 18.2 Å². The highest BCUT2D eigenvalue weighted by molar-refractivity contribution is 6.32. The second kappa shape index (κ2) is 12.8. The van der Waals surface area contributed by atoms with Gasteiger partial charge in [-0.2, -0.15) is 5.26 Å². The van der Waals surface area contributed by atoms with Crippen LogP contribution in [0.2, 0.25) is 0 Å². The highest BCUT2D eigenvalue weighted by Gasteiger charge is 2.25. The summed E-state index contributed by atoms with van der Waals surface area (Å²) in [4.78, 5) is 43.4. The molecule has 10 heteroatoms. The summed E-state index contributed by atoms with van der Waals surface area (Å²) >= 11 is 0. The molecule has 0 aromatic heterocycles. The van der Waals surface area contributed by atoms with Crippen LogP contribution in [0, 0.1) is 11.3 Å². The van der Waals surface area contributed by atoms with Gasteiger partial charge in [-0.25, -0.2) is 4.79 Å². The van der Waals surface area contributed by atoms with Gasteiger partial charge >= 0.3 is 6.03 Å². The summed E-state index contributed by atoms with van der Waals surface area (Å²) in [6.07, 6.45) is 1.68. The van der Waals surface area contributed by atoms with Crippen LogP contribution in [0.1, 0.15) is 27.0 Å². The maximum atomic E-state index is 13.4. The van der Waals surface area contributed by atoms with Gasteiger partial charge in [-0.15, -0.1) is 0 Å². The molecular formula is C35H31N7O3. The molecule has 3 amide bonds. The van der Waals surface area contributed by atoms with Crippen molar-refractivity contribution in [1.82, 2.24) is 4.90 Å². The number of nitriles is 1. The number of nitrogens with zero attached hydrogens (tertiary/aromatic N) is 3. The van der Waals surface area contributed by atoms with Gasteiger partial charge < -0.3 is 31.1 Å². The minimum absolute atomic E-state index is 0.256. The predicted molar refractivity (Wildman–Crippen MR) is 176 cm³/mol. The van der Waals surface area contributed by atoms with E-state index in [-0.39, 0.29) is 11.7 Å². The van der Waals surface area contributed by atoms with Crippen molar-refractivity contribution < 1.29 is 14.4 Å². The minimum Gasteiger partial charge on any atom is -0.369 e. The number of ketones is 1. The fraction of sp³-hybridized carbons (Fsp3) is 0.143. The first-order valence-corrected chi connectivity index (χ1v) is 14.6. The molecule has 2 aliphatic rings.